The van der Waals surface area contributed by atoms with Gasteiger partial charge >= 0.3 is 0 Å². The largest absolute Gasteiger partial charge is 0.484 e. The zero-order chi connectivity index (χ0) is 18.8. The van der Waals surface area contributed by atoms with Gasteiger partial charge in [-0.15, -0.1) is 0 Å². The van der Waals surface area contributed by atoms with E-state index in [1.165, 1.54) is 0 Å². The summed E-state index contributed by atoms with van der Waals surface area (Å²) in [7, 11) is 0. The number of nitrogens with zero attached hydrogens (tertiary/aromatic N) is 2. The first-order valence-corrected chi connectivity index (χ1v) is 10.0. The van der Waals surface area contributed by atoms with Gasteiger partial charge in [0.2, 0.25) is 0 Å². The van der Waals surface area contributed by atoms with E-state index in [1.54, 1.807) is 0 Å². The van der Waals surface area contributed by atoms with E-state index in [1.807, 2.05) is 72.8 Å². The van der Waals surface area contributed by atoms with Crippen LogP contribution < -0.4 is 10.1 Å². The maximum Gasteiger partial charge on any atom is 0.263 e. The summed E-state index contributed by atoms with van der Waals surface area (Å²) >= 11 is 1.81. The Hall–Kier alpha value is -2.73. The quantitative estimate of drug-likeness (QED) is 0.720. The molecule has 2 heterocycles. The topological polar surface area (TPSA) is 56.1 Å². The molecule has 4 rings (SSSR count). The van der Waals surface area contributed by atoms with Crippen LogP contribution in [0.15, 0.2) is 48.5 Å². The lowest BCUT2D eigenvalue weighted by Crippen LogP contribution is -2.22. The lowest BCUT2D eigenvalue weighted by Gasteiger charge is -2.12. The first-order chi connectivity index (χ1) is 13.1. The Morgan fingerprint density at radius 1 is 1.15 bits per heavy atom. The molecule has 0 atom stereocenters. The molecule has 27 heavy (non-hydrogen) atoms. The molecule has 5 nitrogen and oxygen atoms in total. The second kappa shape index (κ2) is 7.48. The minimum Gasteiger partial charge on any atom is -0.484 e. The van der Waals surface area contributed by atoms with Crippen LogP contribution in [0, 0.1) is 13.8 Å². The lowest BCUT2D eigenvalue weighted by atomic mass is 10.2. The van der Waals surface area contributed by atoms with Crippen molar-refractivity contribution < 1.29 is 9.53 Å². The highest BCUT2D eigenvalue weighted by Crippen LogP contribution is 2.36. The molecule has 0 unspecified atom stereocenters. The smallest absolute Gasteiger partial charge is 0.263 e. The number of carbonyl (C=O) groups is 1. The van der Waals surface area contributed by atoms with E-state index in [4.69, 9.17) is 9.84 Å². The normalized spacial score (nSPS) is 12.7. The molecule has 0 bridgehead atoms. The summed E-state index contributed by atoms with van der Waals surface area (Å²) in [6.07, 6.45) is 0. The van der Waals surface area contributed by atoms with Crippen LogP contribution in [0.2, 0.25) is 0 Å². The Balaban J connectivity index is 1.55. The van der Waals surface area contributed by atoms with E-state index >= 15 is 0 Å². The molecule has 0 aliphatic carbocycles. The number of aryl methyl sites for hydroxylation is 2. The average Bonchev–Trinajstić information content (AvgIpc) is 3.23. The maximum absolute atomic E-state index is 12.5. The number of aromatic nitrogens is 2. The van der Waals surface area contributed by atoms with Gasteiger partial charge in [0.1, 0.15) is 11.6 Å². The van der Waals surface area contributed by atoms with Crippen LogP contribution in [-0.4, -0.2) is 22.3 Å². The van der Waals surface area contributed by atoms with Gasteiger partial charge in [0.05, 0.1) is 11.4 Å². The van der Waals surface area contributed by atoms with Crippen LogP contribution in [0.1, 0.15) is 22.4 Å². The van der Waals surface area contributed by atoms with Crippen molar-refractivity contribution >= 4 is 23.5 Å². The number of nitrogens with one attached hydrogen (secondary N) is 1. The molecule has 1 amide bonds. The fourth-order valence-corrected chi connectivity index (χ4v) is 4.14. The van der Waals surface area contributed by atoms with E-state index < -0.39 is 0 Å². The average molecular weight is 379 g/mol. The van der Waals surface area contributed by atoms with Crippen LogP contribution >= 0.6 is 11.8 Å². The van der Waals surface area contributed by atoms with E-state index in [0.717, 1.165) is 45.4 Å². The number of amides is 1. The summed E-state index contributed by atoms with van der Waals surface area (Å²) in [4.78, 5) is 12.5. The van der Waals surface area contributed by atoms with Crippen molar-refractivity contribution in [3.63, 3.8) is 0 Å². The molecule has 0 fully saturated rings. The van der Waals surface area contributed by atoms with Gasteiger partial charge in [-0.2, -0.15) is 16.9 Å². The van der Waals surface area contributed by atoms with Gasteiger partial charge in [0.15, 0.2) is 6.61 Å². The third kappa shape index (κ3) is 3.85. The zero-order valence-electron chi connectivity index (χ0n) is 15.4. The van der Waals surface area contributed by atoms with Crippen LogP contribution in [-0.2, 0) is 16.3 Å². The Bertz CT molecular complexity index is 997. The predicted octanol–water partition coefficient (Wildman–Crippen LogP) is 4.25. The van der Waals surface area contributed by atoms with Crippen LogP contribution in [0.25, 0.3) is 5.69 Å². The Morgan fingerprint density at radius 2 is 1.93 bits per heavy atom. The third-order valence-electron chi connectivity index (χ3n) is 4.42. The van der Waals surface area contributed by atoms with Crippen molar-refractivity contribution in [1.82, 2.24) is 9.78 Å². The molecule has 1 aliphatic rings. The van der Waals surface area contributed by atoms with Gasteiger partial charge in [0.25, 0.3) is 5.91 Å². The van der Waals surface area contributed by atoms with E-state index in [9.17, 15) is 4.79 Å². The summed E-state index contributed by atoms with van der Waals surface area (Å²) in [6, 6.07) is 15.8. The minimum atomic E-state index is -0.190. The van der Waals surface area contributed by atoms with Gasteiger partial charge in [0, 0.05) is 17.1 Å². The molecule has 1 aliphatic heterocycles. The number of hydrogen-bond acceptors (Lipinski definition) is 4. The lowest BCUT2D eigenvalue weighted by molar-refractivity contribution is -0.118. The zero-order valence-corrected chi connectivity index (χ0v) is 16.2. The predicted molar refractivity (Wildman–Crippen MR) is 109 cm³/mol. The maximum atomic E-state index is 12.5. The Labute approximate surface area is 162 Å². The number of benzene rings is 2. The molecule has 3 aromatic rings. The molecule has 0 spiro atoms. The summed E-state index contributed by atoms with van der Waals surface area (Å²) in [5.74, 6) is 2.98. The molecule has 6 heteroatoms. The number of rotatable bonds is 5. The number of carbonyl (C=O) groups excluding carboxylic acids is 1. The monoisotopic (exact) mass is 379 g/mol. The Morgan fingerprint density at radius 3 is 2.70 bits per heavy atom. The summed E-state index contributed by atoms with van der Waals surface area (Å²) in [5.41, 5.74) is 5.34. The van der Waals surface area contributed by atoms with Crippen LogP contribution in [0.5, 0.6) is 5.75 Å². The summed E-state index contributed by atoms with van der Waals surface area (Å²) < 4.78 is 7.47. The molecule has 138 valence electrons. The van der Waals surface area contributed by atoms with Gasteiger partial charge in [-0.1, -0.05) is 24.3 Å². The second-order valence-electron chi connectivity index (χ2n) is 6.67. The molecule has 2 aromatic carbocycles. The van der Waals surface area contributed by atoms with Gasteiger partial charge in [-0.3, -0.25) is 4.79 Å². The number of thioether (sulfide) groups is 1. The third-order valence-corrected chi connectivity index (χ3v) is 5.39. The molecule has 1 aromatic heterocycles. The van der Waals surface area contributed by atoms with Crippen LogP contribution in [0.4, 0.5) is 5.82 Å². The van der Waals surface area contributed by atoms with Crippen LogP contribution in [0.3, 0.4) is 0 Å². The second-order valence-corrected chi connectivity index (χ2v) is 7.66. The number of anilines is 1. The number of ether oxygens (including phenoxy) is 1. The highest BCUT2D eigenvalue weighted by atomic mass is 32.2. The van der Waals surface area contributed by atoms with Gasteiger partial charge < -0.3 is 10.1 Å². The standard InChI is InChI=1S/C21H21N3O2S/c1-14-5-3-7-16(9-14)24-21(18-12-27-13-19(18)23-24)22-20(25)11-26-17-8-4-6-15(2)10-17/h3-10H,11-13H2,1-2H3,(H,22,25). The van der Waals surface area contributed by atoms with Gasteiger partial charge in [-0.25, -0.2) is 4.68 Å². The van der Waals surface area contributed by atoms with Crippen molar-refractivity contribution in [2.24, 2.45) is 0 Å². The Kier molecular flexibility index (Phi) is 4.90. The minimum absolute atomic E-state index is 0.0373. The van der Waals surface area contributed by atoms with Crippen molar-refractivity contribution in [2.45, 2.75) is 25.4 Å². The van der Waals surface area contributed by atoms with Crippen molar-refractivity contribution in [1.29, 1.82) is 0 Å². The fraction of sp³-hybridized carbons (Fsp3) is 0.238. The highest BCUT2D eigenvalue weighted by Gasteiger charge is 2.24. The van der Waals surface area contributed by atoms with Gasteiger partial charge in [-0.05, 0) is 49.2 Å². The van der Waals surface area contributed by atoms with Crippen molar-refractivity contribution in [2.75, 3.05) is 11.9 Å². The van der Waals surface area contributed by atoms with E-state index in [-0.39, 0.29) is 12.5 Å². The summed E-state index contributed by atoms with van der Waals surface area (Å²) in [6.45, 7) is 4.00. The first kappa shape index (κ1) is 17.7. The molecule has 0 saturated heterocycles. The highest BCUT2D eigenvalue weighted by molar-refractivity contribution is 7.98. The first-order valence-electron chi connectivity index (χ1n) is 8.85. The molecule has 0 saturated carbocycles. The van der Waals surface area contributed by atoms with Crippen molar-refractivity contribution in [3.8, 4) is 11.4 Å². The summed E-state index contributed by atoms with van der Waals surface area (Å²) in [5, 5.41) is 7.74. The van der Waals surface area contributed by atoms with Crippen molar-refractivity contribution in [3.05, 3.63) is 70.9 Å². The molecular weight excluding hydrogens is 358 g/mol. The molecule has 1 N–H and O–H groups in total. The molecule has 0 radical (unpaired) electrons. The molecular formula is C21H21N3O2S. The number of hydrogen-bond donors (Lipinski definition) is 1. The van der Waals surface area contributed by atoms with E-state index in [2.05, 4.69) is 11.4 Å². The SMILES string of the molecule is Cc1cccc(OCC(=O)Nc2c3c(nn2-c2cccc(C)c2)CSC3)c1. The van der Waals surface area contributed by atoms with E-state index in [0.29, 0.717) is 5.75 Å². The number of fused-ring (bicyclic) bond motifs is 1. The fourth-order valence-electron chi connectivity index (χ4n) is 3.11.